The van der Waals surface area contributed by atoms with Crippen molar-refractivity contribution in [3.63, 3.8) is 0 Å². The molecule has 20 heavy (non-hydrogen) atoms. The van der Waals surface area contributed by atoms with Gasteiger partial charge in [-0.25, -0.2) is 0 Å². The highest BCUT2D eigenvalue weighted by Crippen LogP contribution is 2.49. The van der Waals surface area contributed by atoms with Crippen molar-refractivity contribution in [1.29, 1.82) is 0 Å². The Kier molecular flexibility index (Phi) is 3.17. The second-order valence-electron chi connectivity index (χ2n) is 7.02. The van der Waals surface area contributed by atoms with Crippen molar-refractivity contribution in [2.45, 2.75) is 45.1 Å². The first kappa shape index (κ1) is 12.6. The van der Waals surface area contributed by atoms with Crippen molar-refractivity contribution in [2.75, 3.05) is 24.5 Å². The molecule has 1 aliphatic heterocycles. The normalized spacial score (nSPS) is 36.8. The average Bonchev–Trinajstić information content (AvgIpc) is 3.14. The summed E-state index contributed by atoms with van der Waals surface area (Å²) in [5.41, 5.74) is 0. The van der Waals surface area contributed by atoms with Crippen LogP contribution in [-0.2, 0) is 6.42 Å². The molecular weight excluding hydrogens is 250 g/mol. The molecule has 2 saturated carbocycles. The summed E-state index contributed by atoms with van der Waals surface area (Å²) in [6.07, 6.45) is 6.93. The van der Waals surface area contributed by atoms with Crippen LogP contribution in [0, 0.1) is 17.8 Å². The van der Waals surface area contributed by atoms with Gasteiger partial charge in [0, 0.05) is 32.1 Å². The van der Waals surface area contributed by atoms with Gasteiger partial charge in [0.1, 0.15) is 5.82 Å². The maximum absolute atomic E-state index is 4.75. The van der Waals surface area contributed by atoms with Crippen LogP contribution < -0.4 is 10.2 Å². The summed E-state index contributed by atoms with van der Waals surface area (Å²) in [6, 6.07) is 0.524. The Morgan fingerprint density at radius 1 is 1.30 bits per heavy atom. The number of rotatable bonds is 3. The van der Waals surface area contributed by atoms with E-state index in [0.29, 0.717) is 6.04 Å². The predicted octanol–water partition coefficient (Wildman–Crippen LogP) is 1.58. The fraction of sp³-hybridized carbons (Fsp3) is 0.867. The number of aromatic amines is 1. The molecule has 2 aliphatic carbocycles. The lowest BCUT2D eigenvalue weighted by atomic mass is 9.86. The quantitative estimate of drug-likeness (QED) is 0.879. The van der Waals surface area contributed by atoms with E-state index in [4.69, 9.17) is 4.98 Å². The van der Waals surface area contributed by atoms with Crippen LogP contribution in [0.5, 0.6) is 0 Å². The molecule has 4 rings (SSSR count). The summed E-state index contributed by atoms with van der Waals surface area (Å²) in [5, 5.41) is 11.1. The Bertz CT molecular complexity index is 471. The van der Waals surface area contributed by atoms with Crippen molar-refractivity contribution in [3.05, 3.63) is 5.82 Å². The van der Waals surface area contributed by atoms with E-state index >= 15 is 0 Å². The Labute approximate surface area is 120 Å². The first-order valence-corrected chi connectivity index (χ1v) is 8.17. The Morgan fingerprint density at radius 2 is 2.25 bits per heavy atom. The van der Waals surface area contributed by atoms with Crippen LogP contribution in [0.2, 0.25) is 0 Å². The van der Waals surface area contributed by atoms with E-state index in [9.17, 15) is 0 Å². The minimum absolute atomic E-state index is 0.524. The van der Waals surface area contributed by atoms with Gasteiger partial charge in [-0.15, -0.1) is 5.10 Å². The molecule has 0 spiro atoms. The molecule has 1 saturated heterocycles. The maximum Gasteiger partial charge on any atom is 0.244 e. The smallest absolute Gasteiger partial charge is 0.244 e. The Balaban J connectivity index is 1.40. The van der Waals surface area contributed by atoms with E-state index in [1.165, 1.54) is 25.7 Å². The second-order valence-corrected chi connectivity index (χ2v) is 7.02. The summed E-state index contributed by atoms with van der Waals surface area (Å²) in [4.78, 5) is 7.04. The largest absolute Gasteiger partial charge is 0.337 e. The first-order valence-electron chi connectivity index (χ1n) is 8.17. The average molecular weight is 275 g/mol. The van der Waals surface area contributed by atoms with Crippen molar-refractivity contribution >= 4 is 5.95 Å². The third kappa shape index (κ3) is 2.32. The fourth-order valence-corrected chi connectivity index (χ4v) is 4.51. The first-order chi connectivity index (χ1) is 9.78. The lowest BCUT2D eigenvalue weighted by molar-refractivity contribution is 0.327. The van der Waals surface area contributed by atoms with Crippen LogP contribution in [0.1, 0.15) is 38.4 Å². The van der Waals surface area contributed by atoms with E-state index in [0.717, 1.165) is 55.6 Å². The molecule has 4 atom stereocenters. The lowest BCUT2D eigenvalue weighted by Crippen LogP contribution is -2.49. The summed E-state index contributed by atoms with van der Waals surface area (Å²) in [7, 11) is 0. The number of nitrogens with one attached hydrogen (secondary N) is 2. The third-order valence-corrected chi connectivity index (χ3v) is 5.51. The maximum atomic E-state index is 4.75. The Morgan fingerprint density at radius 3 is 3.00 bits per heavy atom. The van der Waals surface area contributed by atoms with Crippen molar-refractivity contribution < 1.29 is 0 Å². The third-order valence-electron chi connectivity index (χ3n) is 5.51. The number of fused-ring (bicyclic) bond motifs is 2. The van der Waals surface area contributed by atoms with E-state index in [-0.39, 0.29) is 0 Å². The molecular formula is C15H25N5. The molecule has 110 valence electrons. The summed E-state index contributed by atoms with van der Waals surface area (Å²) < 4.78 is 0. The molecule has 0 aromatic carbocycles. The molecule has 2 N–H and O–H groups in total. The zero-order valence-electron chi connectivity index (χ0n) is 12.3. The van der Waals surface area contributed by atoms with Gasteiger partial charge in [-0.05, 0) is 43.9 Å². The minimum Gasteiger partial charge on any atom is -0.337 e. The summed E-state index contributed by atoms with van der Waals surface area (Å²) in [5.74, 6) is 4.84. The van der Waals surface area contributed by atoms with Crippen molar-refractivity contribution in [3.8, 4) is 0 Å². The highest BCUT2D eigenvalue weighted by molar-refractivity contribution is 5.30. The molecule has 2 bridgehead atoms. The van der Waals surface area contributed by atoms with E-state index in [1.807, 2.05) is 0 Å². The highest BCUT2D eigenvalue weighted by atomic mass is 15.4. The van der Waals surface area contributed by atoms with Crippen molar-refractivity contribution in [1.82, 2.24) is 20.5 Å². The van der Waals surface area contributed by atoms with Gasteiger partial charge in [-0.1, -0.05) is 6.42 Å². The molecule has 3 fully saturated rings. The predicted molar refractivity (Wildman–Crippen MR) is 78.7 cm³/mol. The number of hydrogen-bond acceptors (Lipinski definition) is 4. The monoisotopic (exact) mass is 275 g/mol. The Hall–Kier alpha value is -1.10. The standard InChI is InChI=1S/C15H25N5/c1-10-9-20(5-4-16-10)15-17-14(18-19-15)8-13-7-11-2-3-12(13)6-11/h10-13,16H,2-9H2,1H3,(H,17,18,19)/t10-,11?,12?,13?/m1/s1. The SMILES string of the molecule is C[C@@H]1CN(c2n[nH]c(CC3CC4CCC3C4)n2)CCN1. The molecule has 2 heterocycles. The molecule has 5 heteroatoms. The van der Waals surface area contributed by atoms with E-state index in [1.54, 1.807) is 0 Å². The molecule has 5 nitrogen and oxygen atoms in total. The molecule has 3 aliphatic rings. The van der Waals surface area contributed by atoms with E-state index in [2.05, 4.69) is 27.3 Å². The molecule has 1 aromatic heterocycles. The number of anilines is 1. The van der Waals surface area contributed by atoms with E-state index < -0.39 is 0 Å². The zero-order chi connectivity index (χ0) is 13.5. The number of hydrogen-bond donors (Lipinski definition) is 2. The summed E-state index contributed by atoms with van der Waals surface area (Å²) in [6.45, 7) is 5.26. The van der Waals surface area contributed by atoms with Crippen LogP contribution in [0.25, 0.3) is 0 Å². The van der Waals surface area contributed by atoms with Gasteiger partial charge in [-0.3, -0.25) is 5.10 Å². The fourth-order valence-electron chi connectivity index (χ4n) is 4.51. The number of nitrogens with zero attached hydrogens (tertiary/aromatic N) is 3. The number of aromatic nitrogens is 3. The lowest BCUT2D eigenvalue weighted by Gasteiger charge is -2.30. The number of H-pyrrole nitrogens is 1. The van der Waals surface area contributed by atoms with Gasteiger partial charge in [-0.2, -0.15) is 4.98 Å². The molecule has 3 unspecified atom stereocenters. The van der Waals surface area contributed by atoms with Crippen LogP contribution in [0.3, 0.4) is 0 Å². The van der Waals surface area contributed by atoms with Gasteiger partial charge < -0.3 is 10.2 Å². The molecule has 1 aromatic rings. The van der Waals surface area contributed by atoms with Crippen molar-refractivity contribution in [2.24, 2.45) is 17.8 Å². The van der Waals surface area contributed by atoms with Gasteiger partial charge in [0.15, 0.2) is 0 Å². The summed E-state index contributed by atoms with van der Waals surface area (Å²) >= 11 is 0. The van der Waals surface area contributed by atoms with Gasteiger partial charge in [0.05, 0.1) is 0 Å². The van der Waals surface area contributed by atoms with Crippen LogP contribution >= 0.6 is 0 Å². The van der Waals surface area contributed by atoms with Crippen LogP contribution in [0.4, 0.5) is 5.95 Å². The zero-order valence-corrected chi connectivity index (χ0v) is 12.3. The molecule has 0 amide bonds. The number of piperazine rings is 1. The topological polar surface area (TPSA) is 56.8 Å². The highest BCUT2D eigenvalue weighted by Gasteiger charge is 2.39. The van der Waals surface area contributed by atoms with Gasteiger partial charge in [0.2, 0.25) is 5.95 Å². The van der Waals surface area contributed by atoms with Gasteiger partial charge in [0.25, 0.3) is 0 Å². The second kappa shape index (κ2) is 5.02. The van der Waals surface area contributed by atoms with Crippen LogP contribution in [-0.4, -0.2) is 40.9 Å². The molecule has 0 radical (unpaired) electrons. The van der Waals surface area contributed by atoms with Crippen LogP contribution in [0.15, 0.2) is 0 Å². The van der Waals surface area contributed by atoms with Gasteiger partial charge >= 0.3 is 0 Å². The minimum atomic E-state index is 0.524.